The van der Waals surface area contributed by atoms with Gasteiger partial charge in [-0.1, -0.05) is 0 Å². The lowest BCUT2D eigenvalue weighted by molar-refractivity contribution is -0.152. The van der Waals surface area contributed by atoms with Crippen LogP contribution in [0.4, 0.5) is 10.5 Å². The first-order chi connectivity index (χ1) is 13.0. The molecule has 0 aliphatic carbocycles. The molecular weight excluding hydrogens is 354 g/mol. The second kappa shape index (κ2) is 7.65. The van der Waals surface area contributed by atoms with Crippen LogP contribution in [0.25, 0.3) is 0 Å². The minimum Gasteiger partial charge on any atom is -0.496 e. The van der Waals surface area contributed by atoms with Crippen LogP contribution in [-0.2, 0) is 25.7 Å². The second-order valence-electron chi connectivity index (χ2n) is 6.26. The lowest BCUT2D eigenvalue weighted by Crippen LogP contribution is -2.32. The number of carbonyl (C=O) groups excluding carboxylic acids is 4. The van der Waals surface area contributed by atoms with Gasteiger partial charge in [-0.3, -0.25) is 14.5 Å². The normalized spacial score (nSPS) is 18.5. The number of anilines is 1. The highest BCUT2D eigenvalue weighted by molar-refractivity contribution is 6.37. The quantitative estimate of drug-likeness (QED) is 0.470. The summed E-state index contributed by atoms with van der Waals surface area (Å²) >= 11 is 0. The summed E-state index contributed by atoms with van der Waals surface area (Å²) < 4.78 is 9.95. The SMILES string of the molecule is CCOC(=O)C(=O)Nc1ccc(OC)c(CN2C(=O)C3CCCN3C2=O)c1. The van der Waals surface area contributed by atoms with Crippen LogP contribution in [0, 0.1) is 0 Å². The van der Waals surface area contributed by atoms with E-state index in [-0.39, 0.29) is 31.1 Å². The van der Waals surface area contributed by atoms with Gasteiger partial charge in [0, 0.05) is 17.8 Å². The Morgan fingerprint density at radius 3 is 2.74 bits per heavy atom. The van der Waals surface area contributed by atoms with E-state index in [1.165, 1.54) is 12.0 Å². The summed E-state index contributed by atoms with van der Waals surface area (Å²) in [5.74, 6) is -1.64. The van der Waals surface area contributed by atoms with Crippen LogP contribution in [0.15, 0.2) is 18.2 Å². The Morgan fingerprint density at radius 2 is 2.07 bits per heavy atom. The molecule has 2 heterocycles. The Labute approximate surface area is 156 Å². The lowest BCUT2D eigenvalue weighted by atomic mass is 10.1. The molecule has 1 aromatic carbocycles. The number of amides is 4. The standard InChI is InChI=1S/C18H21N3O6/c1-3-27-17(24)15(22)19-12-6-7-14(26-2)11(9-12)10-21-16(23)13-5-4-8-20(13)18(21)25/h6-7,9,13H,3-5,8,10H2,1-2H3,(H,19,22). The number of methoxy groups -OCH3 is 1. The Kier molecular flexibility index (Phi) is 5.29. The molecule has 0 bridgehead atoms. The summed E-state index contributed by atoms with van der Waals surface area (Å²) in [6, 6.07) is 4.04. The molecule has 2 fully saturated rings. The van der Waals surface area contributed by atoms with E-state index < -0.39 is 11.9 Å². The van der Waals surface area contributed by atoms with Crippen molar-refractivity contribution in [1.29, 1.82) is 0 Å². The molecule has 2 aliphatic heterocycles. The molecule has 0 radical (unpaired) electrons. The molecular formula is C18H21N3O6. The summed E-state index contributed by atoms with van der Waals surface area (Å²) in [4.78, 5) is 51.1. The topological polar surface area (TPSA) is 105 Å². The van der Waals surface area contributed by atoms with Crippen LogP contribution in [0.1, 0.15) is 25.3 Å². The molecule has 1 unspecified atom stereocenters. The van der Waals surface area contributed by atoms with E-state index in [1.54, 1.807) is 30.0 Å². The van der Waals surface area contributed by atoms with Gasteiger partial charge in [0.05, 0.1) is 20.3 Å². The zero-order valence-corrected chi connectivity index (χ0v) is 15.2. The first kappa shape index (κ1) is 18.7. The second-order valence-corrected chi connectivity index (χ2v) is 6.26. The van der Waals surface area contributed by atoms with E-state index in [2.05, 4.69) is 10.1 Å². The van der Waals surface area contributed by atoms with Crippen LogP contribution < -0.4 is 10.1 Å². The first-order valence-corrected chi connectivity index (χ1v) is 8.73. The van der Waals surface area contributed by atoms with Gasteiger partial charge in [-0.05, 0) is 38.0 Å². The van der Waals surface area contributed by atoms with E-state index >= 15 is 0 Å². The summed E-state index contributed by atoms with van der Waals surface area (Å²) in [5, 5.41) is 2.44. The molecule has 4 amide bonds. The van der Waals surface area contributed by atoms with Crippen molar-refractivity contribution in [3.05, 3.63) is 23.8 Å². The van der Waals surface area contributed by atoms with Crippen LogP contribution in [0.2, 0.25) is 0 Å². The van der Waals surface area contributed by atoms with Gasteiger partial charge in [-0.2, -0.15) is 0 Å². The van der Waals surface area contributed by atoms with E-state index in [0.717, 1.165) is 6.42 Å². The highest BCUT2D eigenvalue weighted by Gasteiger charge is 2.47. The highest BCUT2D eigenvalue weighted by atomic mass is 16.5. The minimum atomic E-state index is -0.986. The Bertz CT molecular complexity index is 771. The third-order valence-electron chi connectivity index (χ3n) is 4.61. The van der Waals surface area contributed by atoms with Gasteiger partial charge in [0.15, 0.2) is 0 Å². The molecule has 9 heteroatoms. The summed E-state index contributed by atoms with van der Waals surface area (Å²) in [7, 11) is 1.47. The third-order valence-corrected chi connectivity index (χ3v) is 4.61. The fourth-order valence-electron chi connectivity index (χ4n) is 3.36. The van der Waals surface area contributed by atoms with Crippen LogP contribution in [-0.4, -0.2) is 59.9 Å². The fourth-order valence-corrected chi connectivity index (χ4v) is 3.36. The number of urea groups is 1. The smallest absolute Gasteiger partial charge is 0.397 e. The fraction of sp³-hybridized carbons (Fsp3) is 0.444. The van der Waals surface area contributed by atoms with Crippen LogP contribution in [0.3, 0.4) is 0 Å². The molecule has 2 aliphatic rings. The molecule has 0 spiro atoms. The maximum atomic E-state index is 12.5. The molecule has 0 saturated carbocycles. The number of nitrogens with one attached hydrogen (secondary N) is 1. The van der Waals surface area contributed by atoms with Gasteiger partial charge in [0.25, 0.3) is 5.91 Å². The monoisotopic (exact) mass is 375 g/mol. The van der Waals surface area contributed by atoms with Crippen molar-refractivity contribution < 1.29 is 28.7 Å². The molecule has 1 N–H and O–H groups in total. The largest absolute Gasteiger partial charge is 0.496 e. The number of nitrogens with zero attached hydrogens (tertiary/aromatic N) is 2. The predicted octanol–water partition coefficient (Wildman–Crippen LogP) is 1.12. The zero-order chi connectivity index (χ0) is 19.6. The van der Waals surface area contributed by atoms with E-state index in [0.29, 0.717) is 30.0 Å². The van der Waals surface area contributed by atoms with Crippen molar-refractivity contribution >= 4 is 29.5 Å². The maximum absolute atomic E-state index is 12.5. The van der Waals surface area contributed by atoms with Gasteiger partial charge >= 0.3 is 17.9 Å². The minimum absolute atomic E-state index is 0.0248. The summed E-state index contributed by atoms with van der Waals surface area (Å²) in [6.45, 7) is 2.30. The van der Waals surface area contributed by atoms with Crippen LogP contribution >= 0.6 is 0 Å². The highest BCUT2D eigenvalue weighted by Crippen LogP contribution is 2.31. The number of imide groups is 1. The van der Waals surface area contributed by atoms with Crippen molar-refractivity contribution in [2.45, 2.75) is 32.4 Å². The van der Waals surface area contributed by atoms with E-state index in [9.17, 15) is 19.2 Å². The third kappa shape index (κ3) is 3.57. The van der Waals surface area contributed by atoms with Crippen molar-refractivity contribution in [1.82, 2.24) is 9.80 Å². The molecule has 3 rings (SSSR count). The molecule has 27 heavy (non-hydrogen) atoms. The van der Waals surface area contributed by atoms with Gasteiger partial charge < -0.3 is 19.7 Å². The van der Waals surface area contributed by atoms with Crippen molar-refractivity contribution in [2.75, 3.05) is 25.6 Å². The Morgan fingerprint density at radius 1 is 1.30 bits per heavy atom. The Balaban J connectivity index is 1.78. The zero-order valence-electron chi connectivity index (χ0n) is 15.2. The van der Waals surface area contributed by atoms with Gasteiger partial charge in [0.1, 0.15) is 11.8 Å². The van der Waals surface area contributed by atoms with Gasteiger partial charge in [-0.25, -0.2) is 9.59 Å². The van der Waals surface area contributed by atoms with Crippen molar-refractivity contribution in [3.63, 3.8) is 0 Å². The van der Waals surface area contributed by atoms with E-state index in [1.807, 2.05) is 0 Å². The molecule has 1 aromatic rings. The number of hydrogen-bond acceptors (Lipinski definition) is 6. The van der Waals surface area contributed by atoms with Crippen molar-refractivity contribution in [3.8, 4) is 5.75 Å². The molecule has 9 nitrogen and oxygen atoms in total. The number of carbonyl (C=O) groups is 4. The number of esters is 1. The molecule has 1 atom stereocenters. The number of hydrogen-bond donors (Lipinski definition) is 1. The maximum Gasteiger partial charge on any atom is 0.397 e. The summed E-state index contributed by atoms with van der Waals surface area (Å²) in [6.07, 6.45) is 1.50. The van der Waals surface area contributed by atoms with Gasteiger partial charge in [0.2, 0.25) is 0 Å². The summed E-state index contributed by atoms with van der Waals surface area (Å²) in [5.41, 5.74) is 0.880. The molecule has 144 valence electrons. The number of ether oxygens (including phenoxy) is 2. The van der Waals surface area contributed by atoms with Crippen molar-refractivity contribution in [2.24, 2.45) is 0 Å². The first-order valence-electron chi connectivity index (χ1n) is 8.73. The van der Waals surface area contributed by atoms with E-state index in [4.69, 9.17) is 4.74 Å². The molecule has 2 saturated heterocycles. The number of benzene rings is 1. The average molecular weight is 375 g/mol. The number of rotatable bonds is 5. The van der Waals surface area contributed by atoms with Gasteiger partial charge in [-0.15, -0.1) is 0 Å². The lowest BCUT2D eigenvalue weighted by Gasteiger charge is -2.18. The number of fused-ring (bicyclic) bond motifs is 1. The molecule has 0 aromatic heterocycles. The Hall–Kier alpha value is -3.10. The average Bonchev–Trinajstić information content (AvgIpc) is 3.22. The predicted molar refractivity (Wildman–Crippen MR) is 93.9 cm³/mol. The van der Waals surface area contributed by atoms with Crippen LogP contribution in [0.5, 0.6) is 5.75 Å².